The van der Waals surface area contributed by atoms with E-state index in [4.69, 9.17) is 0 Å². The Morgan fingerprint density at radius 1 is 0.293 bits per heavy atom. The topological polar surface area (TPSA) is 8.17 Å². The van der Waals surface area contributed by atoms with Gasteiger partial charge in [0, 0.05) is 33.4 Å². The smallest absolute Gasteiger partial charge is 0.0542 e. The number of anilines is 3. The number of hydrogen-bond acceptors (Lipinski definition) is 1. The molecule has 0 atom stereocenters. The number of hydrogen-bond donors (Lipinski definition) is 0. The molecule has 0 saturated carbocycles. The summed E-state index contributed by atoms with van der Waals surface area (Å²) in [5.74, 6) is 0. The predicted molar refractivity (Wildman–Crippen MR) is 247 cm³/mol. The van der Waals surface area contributed by atoms with Gasteiger partial charge < -0.3 is 9.47 Å². The van der Waals surface area contributed by atoms with Gasteiger partial charge in [0.15, 0.2) is 0 Å². The highest BCUT2D eigenvalue weighted by Gasteiger charge is 2.20. The van der Waals surface area contributed by atoms with Gasteiger partial charge in [-0.15, -0.1) is 0 Å². The molecule has 0 bridgehead atoms. The maximum atomic E-state index is 2.43. The van der Waals surface area contributed by atoms with Crippen molar-refractivity contribution in [3.05, 3.63) is 231 Å². The highest BCUT2D eigenvalue weighted by Crippen LogP contribution is 2.44. The van der Waals surface area contributed by atoms with Crippen LogP contribution >= 0.6 is 0 Å². The van der Waals surface area contributed by atoms with Crippen LogP contribution in [0.4, 0.5) is 17.1 Å². The summed E-state index contributed by atoms with van der Waals surface area (Å²) in [5.41, 5.74) is 14.0. The lowest BCUT2D eigenvalue weighted by molar-refractivity contribution is 1.18. The van der Waals surface area contributed by atoms with Gasteiger partial charge in [-0.05, 0) is 122 Å². The van der Waals surface area contributed by atoms with Crippen molar-refractivity contribution in [2.24, 2.45) is 0 Å². The number of aromatic nitrogens is 1. The summed E-state index contributed by atoms with van der Waals surface area (Å²) < 4.78 is 2.38. The van der Waals surface area contributed by atoms with Gasteiger partial charge in [-0.25, -0.2) is 0 Å². The van der Waals surface area contributed by atoms with E-state index in [1.165, 1.54) is 76.7 Å². The molecule has 11 rings (SSSR count). The van der Waals surface area contributed by atoms with Crippen molar-refractivity contribution in [3.63, 3.8) is 0 Å². The fourth-order valence-electron chi connectivity index (χ4n) is 8.71. The molecule has 0 spiro atoms. The quantitative estimate of drug-likeness (QED) is 0.158. The van der Waals surface area contributed by atoms with E-state index >= 15 is 0 Å². The summed E-state index contributed by atoms with van der Waals surface area (Å²) in [4.78, 5) is 2.43. The molecule has 0 radical (unpaired) electrons. The van der Waals surface area contributed by atoms with Gasteiger partial charge in [0.2, 0.25) is 0 Å². The summed E-state index contributed by atoms with van der Waals surface area (Å²) in [6.07, 6.45) is 0. The molecule has 1 heterocycles. The maximum absolute atomic E-state index is 2.43. The third kappa shape index (κ3) is 5.91. The van der Waals surface area contributed by atoms with E-state index in [9.17, 15) is 0 Å². The van der Waals surface area contributed by atoms with Crippen LogP contribution in [0.25, 0.3) is 82.4 Å². The van der Waals surface area contributed by atoms with Crippen LogP contribution in [-0.4, -0.2) is 4.57 Å². The fourth-order valence-corrected chi connectivity index (χ4v) is 8.71. The molecule has 0 aliphatic heterocycles. The SMILES string of the molecule is c1ccc(-c2ccccc2N(c2cccc(-c3ccc4ccc(-c5ccc6ccccc6c5)cc4c3)c2)c2ccc3c(c2)c2ccccc2n3-c2ccccc2)cc1. The lowest BCUT2D eigenvalue weighted by Gasteiger charge is -2.28. The molecular formula is C56H38N2. The Labute approximate surface area is 338 Å². The van der Waals surface area contributed by atoms with Gasteiger partial charge in [-0.2, -0.15) is 0 Å². The highest BCUT2D eigenvalue weighted by atomic mass is 15.1. The van der Waals surface area contributed by atoms with Crippen LogP contribution in [0.2, 0.25) is 0 Å². The standard InChI is InChI=1S/C56H38N2/c1-3-15-41(16-4-1)51-22-9-11-24-54(51)57(50-32-33-56-53(38-50)52-23-10-12-25-55(52)58(56)48-19-5-2-6-20-48)49-21-13-18-43(37-49)45-30-27-40-28-31-46(36-47(40)35-45)44-29-26-39-14-7-8-17-42(39)34-44/h1-38H. The van der Waals surface area contributed by atoms with Gasteiger partial charge in [0.25, 0.3) is 0 Å². The molecule has 0 aliphatic rings. The Bertz CT molecular complexity index is 3290. The van der Waals surface area contributed by atoms with Crippen molar-refractivity contribution in [2.75, 3.05) is 4.90 Å². The molecule has 0 fully saturated rings. The Balaban J connectivity index is 1.07. The molecule has 1 aromatic heterocycles. The fraction of sp³-hybridized carbons (Fsp3) is 0. The Morgan fingerprint density at radius 2 is 0.845 bits per heavy atom. The van der Waals surface area contributed by atoms with E-state index in [1.807, 2.05) is 0 Å². The van der Waals surface area contributed by atoms with Crippen molar-refractivity contribution < 1.29 is 0 Å². The Hall–Kier alpha value is -7.68. The Morgan fingerprint density at radius 3 is 1.62 bits per heavy atom. The number of fused-ring (bicyclic) bond motifs is 5. The molecule has 0 unspecified atom stereocenters. The minimum absolute atomic E-state index is 1.09. The predicted octanol–water partition coefficient (Wildman–Crippen LogP) is 15.6. The molecule has 272 valence electrons. The van der Waals surface area contributed by atoms with Gasteiger partial charge in [-0.1, -0.05) is 158 Å². The summed E-state index contributed by atoms with van der Waals surface area (Å²) in [5, 5.41) is 7.41. The van der Waals surface area contributed by atoms with E-state index in [0.29, 0.717) is 0 Å². The maximum Gasteiger partial charge on any atom is 0.0542 e. The van der Waals surface area contributed by atoms with E-state index in [-0.39, 0.29) is 0 Å². The first-order valence-electron chi connectivity index (χ1n) is 19.9. The largest absolute Gasteiger partial charge is 0.310 e. The lowest BCUT2D eigenvalue weighted by Crippen LogP contribution is -2.11. The van der Waals surface area contributed by atoms with Crippen molar-refractivity contribution in [2.45, 2.75) is 0 Å². The average molecular weight is 739 g/mol. The third-order valence-corrected chi connectivity index (χ3v) is 11.5. The van der Waals surface area contributed by atoms with Crippen molar-refractivity contribution in [1.82, 2.24) is 4.57 Å². The molecule has 2 heteroatoms. The summed E-state index contributed by atoms with van der Waals surface area (Å²) >= 11 is 0. The van der Waals surface area contributed by atoms with Crippen molar-refractivity contribution >= 4 is 60.4 Å². The van der Waals surface area contributed by atoms with Crippen molar-refractivity contribution in [1.29, 1.82) is 0 Å². The van der Waals surface area contributed by atoms with Gasteiger partial charge in [0.1, 0.15) is 0 Å². The Kier molecular flexibility index (Phi) is 8.19. The minimum Gasteiger partial charge on any atom is -0.310 e. The van der Waals surface area contributed by atoms with Gasteiger partial charge in [-0.3, -0.25) is 0 Å². The zero-order valence-electron chi connectivity index (χ0n) is 31.8. The molecule has 10 aromatic carbocycles. The number of rotatable bonds is 7. The molecule has 0 aliphatic carbocycles. The van der Waals surface area contributed by atoms with Gasteiger partial charge >= 0.3 is 0 Å². The second kappa shape index (κ2) is 14.1. The van der Waals surface area contributed by atoms with Gasteiger partial charge in [0.05, 0.1) is 16.7 Å². The molecule has 0 amide bonds. The van der Waals surface area contributed by atoms with Crippen LogP contribution < -0.4 is 4.90 Å². The second-order valence-electron chi connectivity index (χ2n) is 15.0. The van der Waals surface area contributed by atoms with E-state index < -0.39 is 0 Å². The molecule has 2 nitrogen and oxygen atoms in total. The number of nitrogens with zero attached hydrogens (tertiary/aromatic N) is 2. The van der Waals surface area contributed by atoms with Crippen LogP contribution in [0.3, 0.4) is 0 Å². The molecule has 0 N–H and O–H groups in total. The zero-order chi connectivity index (χ0) is 38.4. The number of para-hydroxylation sites is 3. The van der Waals surface area contributed by atoms with Crippen LogP contribution in [0, 0.1) is 0 Å². The lowest BCUT2D eigenvalue weighted by atomic mass is 9.96. The molecule has 58 heavy (non-hydrogen) atoms. The number of benzene rings is 10. The summed E-state index contributed by atoms with van der Waals surface area (Å²) in [6.45, 7) is 0. The van der Waals surface area contributed by atoms with Crippen LogP contribution in [0.5, 0.6) is 0 Å². The molecular weight excluding hydrogens is 701 g/mol. The van der Waals surface area contributed by atoms with E-state index in [0.717, 1.165) is 22.7 Å². The second-order valence-corrected chi connectivity index (χ2v) is 15.0. The minimum atomic E-state index is 1.09. The van der Waals surface area contributed by atoms with Crippen LogP contribution in [-0.2, 0) is 0 Å². The summed E-state index contributed by atoms with van der Waals surface area (Å²) in [7, 11) is 0. The monoisotopic (exact) mass is 738 g/mol. The average Bonchev–Trinajstić information content (AvgIpc) is 3.63. The first-order valence-corrected chi connectivity index (χ1v) is 19.9. The first kappa shape index (κ1) is 33.6. The normalized spacial score (nSPS) is 11.4. The highest BCUT2D eigenvalue weighted by molar-refractivity contribution is 6.11. The van der Waals surface area contributed by atoms with E-state index in [2.05, 4.69) is 240 Å². The van der Waals surface area contributed by atoms with Crippen molar-refractivity contribution in [3.8, 4) is 39.1 Å². The zero-order valence-corrected chi connectivity index (χ0v) is 31.8. The van der Waals surface area contributed by atoms with Crippen LogP contribution in [0.15, 0.2) is 231 Å². The summed E-state index contributed by atoms with van der Waals surface area (Å²) in [6, 6.07) is 83.8. The first-order chi connectivity index (χ1) is 28.7. The molecule has 11 aromatic rings. The third-order valence-electron chi connectivity index (χ3n) is 11.5. The van der Waals surface area contributed by atoms with E-state index in [1.54, 1.807) is 0 Å². The molecule has 0 saturated heterocycles. The van der Waals surface area contributed by atoms with Crippen LogP contribution in [0.1, 0.15) is 0 Å².